The summed E-state index contributed by atoms with van der Waals surface area (Å²) in [6, 6.07) is 6.93. The lowest BCUT2D eigenvalue weighted by atomic mass is 10.2. The van der Waals surface area contributed by atoms with E-state index in [0.29, 0.717) is 3.79 Å². The van der Waals surface area contributed by atoms with E-state index in [4.69, 9.17) is 16.7 Å². The third kappa shape index (κ3) is 3.32. The fourth-order valence-corrected chi connectivity index (χ4v) is 4.72. The predicted octanol–water partition coefficient (Wildman–Crippen LogP) is 3.66. The molecule has 2 N–H and O–H groups in total. The Morgan fingerprint density at radius 1 is 1.30 bits per heavy atom. The average Bonchev–Trinajstić information content (AvgIpc) is 2.75. The van der Waals surface area contributed by atoms with E-state index < -0.39 is 16.0 Å². The summed E-state index contributed by atoms with van der Waals surface area (Å²) in [5, 5.41) is 8.81. The second-order valence-electron chi connectivity index (χ2n) is 3.66. The molecule has 20 heavy (non-hydrogen) atoms. The van der Waals surface area contributed by atoms with Crippen molar-refractivity contribution in [3.05, 3.63) is 44.7 Å². The van der Waals surface area contributed by atoms with Crippen LogP contribution < -0.4 is 4.72 Å². The van der Waals surface area contributed by atoms with Crippen LogP contribution >= 0.6 is 38.9 Å². The van der Waals surface area contributed by atoms with Crippen LogP contribution in [-0.2, 0) is 10.0 Å². The largest absolute Gasteiger partial charge is 0.478 e. The van der Waals surface area contributed by atoms with Crippen LogP contribution in [0.15, 0.2) is 38.3 Å². The van der Waals surface area contributed by atoms with Crippen LogP contribution in [-0.4, -0.2) is 19.5 Å². The fraction of sp³-hybridized carbons (Fsp3) is 0. The number of thiophene rings is 1. The molecule has 2 aromatic rings. The lowest BCUT2D eigenvalue weighted by Crippen LogP contribution is -2.11. The van der Waals surface area contributed by atoms with Crippen molar-refractivity contribution in [2.75, 3.05) is 4.72 Å². The molecule has 0 spiro atoms. The number of halogens is 2. The molecule has 0 saturated heterocycles. The van der Waals surface area contributed by atoms with Crippen molar-refractivity contribution in [1.29, 1.82) is 0 Å². The summed E-state index contributed by atoms with van der Waals surface area (Å²) in [5.74, 6) is -1.17. The fourth-order valence-electron chi connectivity index (χ4n) is 1.40. The zero-order valence-corrected chi connectivity index (χ0v) is 13.6. The second-order valence-corrected chi connectivity index (χ2v) is 8.44. The highest BCUT2D eigenvalue weighted by Gasteiger charge is 2.17. The van der Waals surface area contributed by atoms with E-state index in [1.807, 2.05) is 0 Å². The van der Waals surface area contributed by atoms with Crippen molar-refractivity contribution >= 4 is 60.5 Å². The standard InChI is InChI=1S/C11H7BrClNO4S2/c12-9-3-4-10(19-9)20(17,18)14-6-1-2-7(11(15)16)8(13)5-6/h1-5,14H,(H,15,16). The van der Waals surface area contributed by atoms with Crippen LogP contribution in [0.4, 0.5) is 5.69 Å². The maximum absolute atomic E-state index is 12.1. The van der Waals surface area contributed by atoms with E-state index in [-0.39, 0.29) is 20.5 Å². The number of hydrogen-bond acceptors (Lipinski definition) is 4. The Morgan fingerprint density at radius 3 is 2.50 bits per heavy atom. The van der Waals surface area contributed by atoms with Gasteiger partial charge in [0.1, 0.15) is 4.21 Å². The Hall–Kier alpha value is -1.09. The molecule has 0 bridgehead atoms. The van der Waals surface area contributed by atoms with Crippen molar-refractivity contribution < 1.29 is 18.3 Å². The zero-order chi connectivity index (χ0) is 14.9. The number of aromatic carboxylic acids is 1. The van der Waals surface area contributed by atoms with Crippen LogP contribution in [0.1, 0.15) is 10.4 Å². The van der Waals surface area contributed by atoms with Gasteiger partial charge in [0.2, 0.25) is 0 Å². The number of carboxylic acid groups (broad SMARTS) is 1. The summed E-state index contributed by atoms with van der Waals surface area (Å²) in [6.45, 7) is 0. The quantitative estimate of drug-likeness (QED) is 0.826. The van der Waals surface area contributed by atoms with Gasteiger partial charge in [0, 0.05) is 0 Å². The first-order valence-electron chi connectivity index (χ1n) is 5.10. The first-order valence-corrected chi connectivity index (χ1v) is 8.57. The highest BCUT2D eigenvalue weighted by atomic mass is 79.9. The molecule has 0 aliphatic carbocycles. The van der Waals surface area contributed by atoms with Crippen molar-refractivity contribution in [2.24, 2.45) is 0 Å². The molecule has 0 atom stereocenters. The van der Waals surface area contributed by atoms with Crippen molar-refractivity contribution in [3.8, 4) is 0 Å². The van der Waals surface area contributed by atoms with Gasteiger partial charge in [-0.05, 0) is 46.3 Å². The number of benzene rings is 1. The highest BCUT2D eigenvalue weighted by molar-refractivity contribution is 9.11. The Kier molecular flexibility index (Phi) is 4.38. The van der Waals surface area contributed by atoms with Gasteiger partial charge in [-0.1, -0.05) is 11.6 Å². The summed E-state index contributed by atoms with van der Waals surface area (Å²) in [6.07, 6.45) is 0. The first kappa shape index (κ1) is 15.3. The molecular weight excluding hydrogens is 390 g/mol. The SMILES string of the molecule is O=C(O)c1ccc(NS(=O)(=O)c2ccc(Br)s2)cc1Cl. The molecule has 0 saturated carbocycles. The summed E-state index contributed by atoms with van der Waals surface area (Å²) in [7, 11) is -3.71. The van der Waals surface area contributed by atoms with E-state index in [9.17, 15) is 13.2 Å². The number of sulfonamides is 1. The second kappa shape index (κ2) is 5.72. The maximum atomic E-state index is 12.1. The lowest BCUT2D eigenvalue weighted by Gasteiger charge is -2.07. The van der Waals surface area contributed by atoms with Crippen molar-refractivity contribution in [3.63, 3.8) is 0 Å². The number of carbonyl (C=O) groups is 1. The van der Waals surface area contributed by atoms with Crippen LogP contribution in [0.25, 0.3) is 0 Å². The predicted molar refractivity (Wildman–Crippen MR) is 81.2 cm³/mol. The van der Waals surface area contributed by atoms with Crippen LogP contribution in [0, 0.1) is 0 Å². The van der Waals surface area contributed by atoms with Gasteiger partial charge in [-0.3, -0.25) is 4.72 Å². The van der Waals surface area contributed by atoms with Gasteiger partial charge in [-0.15, -0.1) is 11.3 Å². The number of hydrogen-bond donors (Lipinski definition) is 2. The summed E-state index contributed by atoms with van der Waals surface area (Å²) in [4.78, 5) is 10.8. The van der Waals surface area contributed by atoms with Gasteiger partial charge in [0.25, 0.3) is 10.0 Å². The zero-order valence-electron chi connectivity index (χ0n) is 9.63. The summed E-state index contributed by atoms with van der Waals surface area (Å²) in [5.41, 5.74) is 0.109. The van der Waals surface area contributed by atoms with Gasteiger partial charge >= 0.3 is 5.97 Å². The minimum atomic E-state index is -3.71. The Labute approximate surface area is 132 Å². The third-order valence-electron chi connectivity index (χ3n) is 2.27. The smallest absolute Gasteiger partial charge is 0.337 e. The Balaban J connectivity index is 2.30. The van der Waals surface area contributed by atoms with E-state index in [2.05, 4.69) is 20.7 Å². The van der Waals surface area contributed by atoms with Gasteiger partial charge < -0.3 is 5.11 Å². The van der Waals surface area contributed by atoms with Crippen molar-refractivity contribution in [2.45, 2.75) is 4.21 Å². The monoisotopic (exact) mass is 395 g/mol. The van der Waals surface area contributed by atoms with Crippen molar-refractivity contribution in [1.82, 2.24) is 0 Å². The molecule has 0 aliphatic rings. The molecule has 2 rings (SSSR count). The van der Waals surface area contributed by atoms with E-state index in [0.717, 1.165) is 11.3 Å². The minimum absolute atomic E-state index is 0.0370. The van der Waals surface area contributed by atoms with E-state index >= 15 is 0 Å². The molecule has 1 heterocycles. The highest BCUT2D eigenvalue weighted by Crippen LogP contribution is 2.28. The summed E-state index contributed by atoms with van der Waals surface area (Å²) >= 11 is 10.0. The van der Waals surface area contributed by atoms with Gasteiger partial charge in [0.15, 0.2) is 0 Å². The van der Waals surface area contributed by atoms with E-state index in [1.54, 1.807) is 6.07 Å². The van der Waals surface area contributed by atoms with E-state index in [1.165, 1.54) is 24.3 Å². The number of anilines is 1. The number of carboxylic acids is 1. The number of nitrogens with one attached hydrogen (secondary N) is 1. The maximum Gasteiger partial charge on any atom is 0.337 e. The molecule has 5 nitrogen and oxygen atoms in total. The minimum Gasteiger partial charge on any atom is -0.478 e. The molecule has 1 aromatic heterocycles. The number of rotatable bonds is 4. The lowest BCUT2D eigenvalue weighted by molar-refractivity contribution is 0.0697. The molecule has 0 radical (unpaired) electrons. The molecule has 0 fully saturated rings. The molecule has 1 aromatic carbocycles. The molecular formula is C11H7BrClNO4S2. The first-order chi connectivity index (χ1) is 9.29. The van der Waals surface area contributed by atoms with Gasteiger partial charge in [0.05, 0.1) is 20.1 Å². The average molecular weight is 397 g/mol. The Morgan fingerprint density at radius 2 is 2.00 bits per heavy atom. The van der Waals surface area contributed by atoms with Crippen LogP contribution in [0.5, 0.6) is 0 Å². The van der Waals surface area contributed by atoms with Crippen LogP contribution in [0.2, 0.25) is 5.02 Å². The Bertz CT molecular complexity index is 772. The normalized spacial score (nSPS) is 11.3. The molecule has 0 amide bonds. The van der Waals surface area contributed by atoms with Crippen LogP contribution in [0.3, 0.4) is 0 Å². The topological polar surface area (TPSA) is 83.5 Å². The molecule has 0 unspecified atom stereocenters. The van der Waals surface area contributed by atoms with Gasteiger partial charge in [-0.25, -0.2) is 13.2 Å². The third-order valence-corrected chi connectivity index (χ3v) is 6.07. The molecule has 0 aliphatic heterocycles. The molecule has 9 heteroatoms. The summed E-state index contributed by atoms with van der Waals surface area (Å²) < 4.78 is 27.3. The molecule has 106 valence electrons. The van der Waals surface area contributed by atoms with Gasteiger partial charge in [-0.2, -0.15) is 0 Å².